The van der Waals surface area contributed by atoms with E-state index in [1.807, 2.05) is 27.7 Å². The maximum atomic E-state index is 12.9. The Morgan fingerprint density at radius 2 is 0.964 bits per heavy atom. The molecule has 0 spiro atoms. The zero-order valence-electron chi connectivity index (χ0n) is 19.6. The molecule has 0 aliphatic carbocycles. The van der Waals surface area contributed by atoms with Crippen molar-refractivity contribution in [3.63, 3.8) is 0 Å². The van der Waals surface area contributed by atoms with Gasteiger partial charge in [-0.15, -0.1) is 0 Å². The molecule has 0 N–H and O–H groups in total. The molecule has 0 saturated heterocycles. The van der Waals surface area contributed by atoms with Gasteiger partial charge in [-0.25, -0.2) is 9.59 Å². The fourth-order valence-corrected chi connectivity index (χ4v) is 3.48. The molecule has 0 fully saturated rings. The molecule has 2 unspecified atom stereocenters. The number of hydrogen-bond donors (Lipinski definition) is 0. The number of esters is 2. The van der Waals surface area contributed by atoms with E-state index in [1.165, 1.54) is 0 Å². The van der Waals surface area contributed by atoms with Gasteiger partial charge in [0, 0.05) is 0 Å². The Morgan fingerprint density at radius 1 is 0.643 bits per heavy atom. The Morgan fingerprint density at radius 3 is 1.18 bits per heavy atom. The maximum absolute atomic E-state index is 12.9. The molecule has 0 heterocycles. The molecule has 0 amide bonds. The first-order valence-corrected chi connectivity index (χ1v) is 11.3. The van der Waals surface area contributed by atoms with Gasteiger partial charge < -0.3 is 9.47 Å². The SMILES string of the molecule is CCCC(CC)COC(=O)/C(=C(\C(=O)OCC(CC)CCC)C(C)C)C(C)C. The van der Waals surface area contributed by atoms with Crippen molar-refractivity contribution in [3.8, 4) is 0 Å². The fraction of sp³-hybridized carbons (Fsp3) is 0.833. The summed E-state index contributed by atoms with van der Waals surface area (Å²) >= 11 is 0. The molecule has 0 rings (SSSR count). The predicted molar refractivity (Wildman–Crippen MR) is 116 cm³/mol. The Labute approximate surface area is 173 Å². The lowest BCUT2D eigenvalue weighted by atomic mass is 9.90. The highest BCUT2D eigenvalue weighted by Gasteiger charge is 2.28. The highest BCUT2D eigenvalue weighted by atomic mass is 16.5. The molecule has 2 atom stereocenters. The summed E-state index contributed by atoms with van der Waals surface area (Å²) in [5, 5.41) is 0. The molecule has 0 radical (unpaired) electrons. The molecule has 0 aliphatic rings. The van der Waals surface area contributed by atoms with Gasteiger partial charge in [0.2, 0.25) is 0 Å². The van der Waals surface area contributed by atoms with Crippen molar-refractivity contribution in [1.82, 2.24) is 0 Å². The maximum Gasteiger partial charge on any atom is 0.334 e. The Bertz CT molecular complexity index is 447. The molecule has 0 saturated carbocycles. The number of rotatable bonds is 14. The molecule has 0 aliphatic heterocycles. The molecular formula is C24H44O4. The van der Waals surface area contributed by atoms with Crippen molar-refractivity contribution < 1.29 is 19.1 Å². The fourth-order valence-electron chi connectivity index (χ4n) is 3.48. The smallest absolute Gasteiger partial charge is 0.334 e. The van der Waals surface area contributed by atoms with Crippen LogP contribution in [0.5, 0.6) is 0 Å². The summed E-state index contributed by atoms with van der Waals surface area (Å²) in [5.41, 5.74) is 0.935. The first-order chi connectivity index (χ1) is 13.2. The third-order valence-corrected chi connectivity index (χ3v) is 5.33. The Hall–Kier alpha value is -1.32. The number of hydrogen-bond acceptors (Lipinski definition) is 4. The lowest BCUT2D eigenvalue weighted by Gasteiger charge is -2.22. The van der Waals surface area contributed by atoms with Gasteiger partial charge in [0.05, 0.1) is 24.4 Å². The third kappa shape index (κ3) is 9.25. The zero-order valence-corrected chi connectivity index (χ0v) is 19.6. The summed E-state index contributed by atoms with van der Waals surface area (Å²) in [5.74, 6) is -0.188. The van der Waals surface area contributed by atoms with Crippen LogP contribution in [0.25, 0.3) is 0 Å². The van der Waals surface area contributed by atoms with Crippen LogP contribution in [0.4, 0.5) is 0 Å². The van der Waals surface area contributed by atoms with Gasteiger partial charge in [-0.1, -0.05) is 81.1 Å². The average Bonchev–Trinajstić information content (AvgIpc) is 2.65. The monoisotopic (exact) mass is 396 g/mol. The van der Waals surface area contributed by atoms with E-state index in [4.69, 9.17) is 9.47 Å². The van der Waals surface area contributed by atoms with Crippen LogP contribution in [0.2, 0.25) is 0 Å². The van der Waals surface area contributed by atoms with Crippen molar-refractivity contribution >= 4 is 11.9 Å². The van der Waals surface area contributed by atoms with Crippen LogP contribution in [0.15, 0.2) is 11.1 Å². The molecule has 0 aromatic heterocycles. The summed E-state index contributed by atoms with van der Waals surface area (Å²) in [4.78, 5) is 25.7. The molecule has 164 valence electrons. The molecule has 4 heteroatoms. The third-order valence-electron chi connectivity index (χ3n) is 5.33. The van der Waals surface area contributed by atoms with E-state index in [9.17, 15) is 9.59 Å². The minimum atomic E-state index is -0.370. The van der Waals surface area contributed by atoms with Gasteiger partial charge in [0.25, 0.3) is 0 Å². The Kier molecular flexibility index (Phi) is 14.0. The highest BCUT2D eigenvalue weighted by Crippen LogP contribution is 2.25. The van der Waals surface area contributed by atoms with Crippen molar-refractivity contribution in [2.75, 3.05) is 13.2 Å². The van der Waals surface area contributed by atoms with Crippen LogP contribution in [0, 0.1) is 23.7 Å². The summed E-state index contributed by atoms with van der Waals surface area (Å²) in [6.07, 6.45) is 6.19. The van der Waals surface area contributed by atoms with Crippen molar-refractivity contribution in [2.24, 2.45) is 23.7 Å². The van der Waals surface area contributed by atoms with Crippen molar-refractivity contribution in [2.45, 2.75) is 93.9 Å². The van der Waals surface area contributed by atoms with Gasteiger partial charge in [-0.2, -0.15) is 0 Å². The first kappa shape index (κ1) is 26.7. The van der Waals surface area contributed by atoms with Gasteiger partial charge in [-0.05, 0) is 36.5 Å². The summed E-state index contributed by atoms with van der Waals surface area (Å²) in [7, 11) is 0. The topological polar surface area (TPSA) is 52.6 Å². The highest BCUT2D eigenvalue weighted by molar-refractivity contribution is 6.01. The Balaban J connectivity index is 5.43. The minimum absolute atomic E-state index is 0.0960. The van der Waals surface area contributed by atoms with Crippen LogP contribution >= 0.6 is 0 Å². The lowest BCUT2D eigenvalue weighted by Crippen LogP contribution is -2.25. The largest absolute Gasteiger partial charge is 0.462 e. The number of ether oxygens (including phenoxy) is 2. The van der Waals surface area contributed by atoms with Gasteiger partial charge in [0.1, 0.15) is 0 Å². The van der Waals surface area contributed by atoms with Crippen LogP contribution < -0.4 is 0 Å². The van der Waals surface area contributed by atoms with Crippen LogP contribution in [0.1, 0.15) is 93.9 Å². The standard InChI is InChI=1S/C24H44O4/c1-9-13-19(11-3)15-27-23(25)21(17(5)6)22(18(7)8)24(26)28-16-20(12-4)14-10-2/h17-20H,9-16H2,1-8H3/b22-21-. The van der Waals surface area contributed by atoms with Crippen molar-refractivity contribution in [1.29, 1.82) is 0 Å². The molecule has 4 nitrogen and oxygen atoms in total. The van der Waals surface area contributed by atoms with E-state index in [-0.39, 0.29) is 23.8 Å². The minimum Gasteiger partial charge on any atom is -0.462 e. The lowest BCUT2D eigenvalue weighted by molar-refractivity contribution is -0.144. The van der Waals surface area contributed by atoms with E-state index >= 15 is 0 Å². The zero-order chi connectivity index (χ0) is 21.7. The van der Waals surface area contributed by atoms with E-state index in [2.05, 4.69) is 27.7 Å². The number of carbonyl (C=O) groups excluding carboxylic acids is 2. The van der Waals surface area contributed by atoms with Crippen molar-refractivity contribution in [3.05, 3.63) is 11.1 Å². The second kappa shape index (κ2) is 14.6. The summed E-state index contributed by atoms with van der Waals surface area (Å²) < 4.78 is 11.3. The second-order valence-corrected chi connectivity index (χ2v) is 8.46. The summed E-state index contributed by atoms with van der Waals surface area (Å²) in [6.45, 7) is 17.1. The number of carbonyl (C=O) groups is 2. The van der Waals surface area contributed by atoms with Crippen LogP contribution in [-0.2, 0) is 19.1 Å². The molecule has 28 heavy (non-hydrogen) atoms. The molecule has 0 aromatic rings. The van der Waals surface area contributed by atoms with E-state index < -0.39 is 0 Å². The molecular weight excluding hydrogens is 352 g/mol. The summed E-state index contributed by atoms with van der Waals surface area (Å²) in [6, 6.07) is 0. The predicted octanol–water partition coefficient (Wildman–Crippen LogP) is 6.33. The van der Waals surface area contributed by atoms with Crippen LogP contribution in [-0.4, -0.2) is 25.2 Å². The van der Waals surface area contributed by atoms with E-state index in [0.29, 0.717) is 36.2 Å². The second-order valence-electron chi connectivity index (χ2n) is 8.46. The quantitative estimate of drug-likeness (QED) is 0.254. The average molecular weight is 397 g/mol. The first-order valence-electron chi connectivity index (χ1n) is 11.3. The van der Waals surface area contributed by atoms with Crippen LogP contribution in [0.3, 0.4) is 0 Å². The van der Waals surface area contributed by atoms with E-state index in [1.54, 1.807) is 0 Å². The normalized spacial score (nSPS) is 14.6. The van der Waals surface area contributed by atoms with E-state index in [0.717, 1.165) is 38.5 Å². The van der Waals surface area contributed by atoms with Gasteiger partial charge >= 0.3 is 11.9 Å². The van der Waals surface area contributed by atoms with Gasteiger partial charge in [-0.3, -0.25) is 0 Å². The van der Waals surface area contributed by atoms with Gasteiger partial charge in [0.15, 0.2) is 0 Å². The molecule has 0 bridgehead atoms. The molecule has 0 aromatic carbocycles.